The molecule has 0 aliphatic rings. The summed E-state index contributed by atoms with van der Waals surface area (Å²) in [6, 6.07) is 8.42. The van der Waals surface area contributed by atoms with Crippen LogP contribution in [0.1, 0.15) is 26.7 Å². The average Bonchev–Trinajstić information content (AvgIpc) is 3.32. The highest BCUT2D eigenvalue weighted by molar-refractivity contribution is 5.93. The van der Waals surface area contributed by atoms with Crippen LogP contribution in [0, 0.1) is 6.92 Å². The molecule has 0 radical (unpaired) electrons. The SMILES string of the molecule is Cc1cc(C(=O)NCCNC(=O)c2ccc(-c3ccco3)o2)nn1C. The molecule has 3 rings (SSSR count). The van der Waals surface area contributed by atoms with Crippen molar-refractivity contribution in [3.8, 4) is 11.5 Å². The van der Waals surface area contributed by atoms with Crippen molar-refractivity contribution in [2.24, 2.45) is 7.05 Å². The molecule has 0 spiro atoms. The minimum atomic E-state index is -0.360. The topological polar surface area (TPSA) is 102 Å². The van der Waals surface area contributed by atoms with Crippen molar-refractivity contribution in [1.82, 2.24) is 20.4 Å². The van der Waals surface area contributed by atoms with Gasteiger partial charge in [0.05, 0.1) is 6.26 Å². The Balaban J connectivity index is 1.46. The summed E-state index contributed by atoms with van der Waals surface area (Å²) in [7, 11) is 1.77. The van der Waals surface area contributed by atoms with Gasteiger partial charge in [-0.15, -0.1) is 0 Å². The summed E-state index contributed by atoms with van der Waals surface area (Å²) >= 11 is 0. The molecule has 0 saturated heterocycles. The molecule has 130 valence electrons. The van der Waals surface area contributed by atoms with Gasteiger partial charge in [-0.05, 0) is 37.3 Å². The van der Waals surface area contributed by atoms with Crippen LogP contribution in [0.2, 0.25) is 0 Å². The van der Waals surface area contributed by atoms with Gasteiger partial charge in [-0.3, -0.25) is 14.3 Å². The zero-order valence-electron chi connectivity index (χ0n) is 13.9. The van der Waals surface area contributed by atoms with Crippen LogP contribution >= 0.6 is 0 Å². The normalized spacial score (nSPS) is 10.6. The quantitative estimate of drug-likeness (QED) is 0.664. The smallest absolute Gasteiger partial charge is 0.287 e. The molecule has 2 N–H and O–H groups in total. The Morgan fingerprint density at radius 2 is 1.88 bits per heavy atom. The van der Waals surface area contributed by atoms with Gasteiger partial charge in [-0.2, -0.15) is 5.10 Å². The molecule has 3 heterocycles. The number of nitrogens with one attached hydrogen (secondary N) is 2. The third kappa shape index (κ3) is 3.79. The van der Waals surface area contributed by atoms with Crippen molar-refractivity contribution in [2.75, 3.05) is 13.1 Å². The highest BCUT2D eigenvalue weighted by Crippen LogP contribution is 2.22. The van der Waals surface area contributed by atoms with E-state index in [9.17, 15) is 9.59 Å². The molecule has 0 unspecified atom stereocenters. The first-order valence-electron chi connectivity index (χ1n) is 7.75. The van der Waals surface area contributed by atoms with Gasteiger partial charge in [0, 0.05) is 25.8 Å². The van der Waals surface area contributed by atoms with Crippen molar-refractivity contribution in [1.29, 1.82) is 0 Å². The maximum atomic E-state index is 12.0. The summed E-state index contributed by atoms with van der Waals surface area (Å²) in [6.07, 6.45) is 1.53. The fourth-order valence-electron chi connectivity index (χ4n) is 2.21. The Bertz CT molecular complexity index is 857. The minimum absolute atomic E-state index is 0.179. The molecule has 0 saturated carbocycles. The monoisotopic (exact) mass is 342 g/mol. The summed E-state index contributed by atoms with van der Waals surface area (Å²) in [5.74, 6) is 0.570. The number of hydrogen-bond acceptors (Lipinski definition) is 5. The summed E-state index contributed by atoms with van der Waals surface area (Å²) < 4.78 is 12.3. The first kappa shape index (κ1) is 16.6. The highest BCUT2D eigenvalue weighted by Gasteiger charge is 2.14. The van der Waals surface area contributed by atoms with Crippen LogP contribution in [-0.2, 0) is 7.05 Å². The van der Waals surface area contributed by atoms with E-state index < -0.39 is 0 Å². The van der Waals surface area contributed by atoms with Crippen molar-refractivity contribution in [2.45, 2.75) is 6.92 Å². The van der Waals surface area contributed by atoms with Crippen molar-refractivity contribution < 1.29 is 18.4 Å². The van der Waals surface area contributed by atoms with Gasteiger partial charge < -0.3 is 19.5 Å². The van der Waals surface area contributed by atoms with Crippen LogP contribution in [0.4, 0.5) is 0 Å². The second kappa shape index (κ2) is 7.08. The van der Waals surface area contributed by atoms with E-state index in [0.29, 0.717) is 17.2 Å². The third-order valence-corrected chi connectivity index (χ3v) is 3.64. The van der Waals surface area contributed by atoms with E-state index in [2.05, 4.69) is 15.7 Å². The van der Waals surface area contributed by atoms with Gasteiger partial charge in [0.2, 0.25) is 0 Å². The highest BCUT2D eigenvalue weighted by atomic mass is 16.4. The summed E-state index contributed by atoms with van der Waals surface area (Å²) in [4.78, 5) is 24.0. The van der Waals surface area contributed by atoms with E-state index >= 15 is 0 Å². The average molecular weight is 342 g/mol. The Labute approximate surface area is 143 Å². The minimum Gasteiger partial charge on any atom is -0.461 e. The van der Waals surface area contributed by atoms with E-state index in [0.717, 1.165) is 5.69 Å². The lowest BCUT2D eigenvalue weighted by atomic mass is 10.3. The second-order valence-corrected chi connectivity index (χ2v) is 5.45. The van der Waals surface area contributed by atoms with E-state index in [4.69, 9.17) is 8.83 Å². The number of nitrogens with zero attached hydrogens (tertiary/aromatic N) is 2. The molecule has 0 bridgehead atoms. The summed E-state index contributed by atoms with van der Waals surface area (Å²) in [5.41, 5.74) is 1.24. The zero-order chi connectivity index (χ0) is 17.8. The number of amides is 2. The van der Waals surface area contributed by atoms with Crippen molar-refractivity contribution >= 4 is 11.8 Å². The van der Waals surface area contributed by atoms with E-state index in [1.807, 2.05) is 6.92 Å². The number of aryl methyl sites for hydroxylation is 2. The number of furan rings is 2. The van der Waals surface area contributed by atoms with Crippen LogP contribution in [0.3, 0.4) is 0 Å². The predicted octanol–water partition coefficient (Wildman–Crippen LogP) is 1.74. The molecule has 0 atom stereocenters. The lowest BCUT2D eigenvalue weighted by Gasteiger charge is -2.04. The van der Waals surface area contributed by atoms with Crippen LogP contribution < -0.4 is 10.6 Å². The number of aromatic nitrogens is 2. The Hall–Kier alpha value is -3.29. The predicted molar refractivity (Wildman–Crippen MR) is 89.0 cm³/mol. The largest absolute Gasteiger partial charge is 0.461 e. The van der Waals surface area contributed by atoms with Gasteiger partial charge in [0.1, 0.15) is 5.69 Å². The maximum Gasteiger partial charge on any atom is 0.287 e. The maximum absolute atomic E-state index is 12.0. The molecule has 3 aromatic rings. The lowest BCUT2D eigenvalue weighted by molar-refractivity contribution is 0.0909. The molecule has 8 nitrogen and oxygen atoms in total. The molecule has 0 aliphatic heterocycles. The van der Waals surface area contributed by atoms with Crippen molar-refractivity contribution in [3.63, 3.8) is 0 Å². The molecular weight excluding hydrogens is 324 g/mol. The van der Waals surface area contributed by atoms with Gasteiger partial charge in [-0.1, -0.05) is 0 Å². The number of carbonyl (C=O) groups excluding carboxylic acids is 2. The third-order valence-electron chi connectivity index (χ3n) is 3.64. The van der Waals surface area contributed by atoms with Gasteiger partial charge in [0.25, 0.3) is 11.8 Å². The van der Waals surface area contributed by atoms with Gasteiger partial charge >= 0.3 is 0 Å². The number of carbonyl (C=O) groups is 2. The number of rotatable bonds is 6. The molecule has 0 aliphatic carbocycles. The van der Waals surface area contributed by atoms with Gasteiger partial charge in [0.15, 0.2) is 17.3 Å². The molecule has 0 fully saturated rings. The zero-order valence-corrected chi connectivity index (χ0v) is 13.9. The Morgan fingerprint density at radius 1 is 1.12 bits per heavy atom. The standard InChI is InChI=1S/C17H18N4O4/c1-11-10-12(20-21(11)2)16(22)18-7-8-19-17(23)15-6-5-14(25-15)13-4-3-9-24-13/h3-6,9-10H,7-8H2,1-2H3,(H,18,22)(H,19,23). The lowest BCUT2D eigenvalue weighted by Crippen LogP contribution is -2.34. The van der Waals surface area contributed by atoms with E-state index in [-0.39, 0.29) is 30.7 Å². The molecular formula is C17H18N4O4. The van der Waals surface area contributed by atoms with Crippen LogP contribution in [-0.4, -0.2) is 34.7 Å². The second-order valence-electron chi connectivity index (χ2n) is 5.45. The van der Waals surface area contributed by atoms with Gasteiger partial charge in [-0.25, -0.2) is 0 Å². The number of hydrogen-bond donors (Lipinski definition) is 2. The summed E-state index contributed by atoms with van der Waals surface area (Å²) in [6.45, 7) is 2.42. The Kier molecular flexibility index (Phi) is 4.69. The fraction of sp³-hybridized carbons (Fsp3) is 0.235. The molecule has 25 heavy (non-hydrogen) atoms. The summed E-state index contributed by atoms with van der Waals surface area (Å²) in [5, 5.41) is 9.47. The van der Waals surface area contributed by atoms with Crippen LogP contribution in [0.25, 0.3) is 11.5 Å². The molecule has 0 aromatic carbocycles. The Morgan fingerprint density at radius 3 is 2.52 bits per heavy atom. The molecule has 2 amide bonds. The van der Waals surface area contributed by atoms with Crippen LogP contribution in [0.15, 0.2) is 45.4 Å². The van der Waals surface area contributed by atoms with Crippen LogP contribution in [0.5, 0.6) is 0 Å². The first-order chi connectivity index (χ1) is 12.0. The van der Waals surface area contributed by atoms with E-state index in [1.54, 1.807) is 42.1 Å². The molecule has 3 aromatic heterocycles. The first-order valence-corrected chi connectivity index (χ1v) is 7.75. The van der Waals surface area contributed by atoms with Crippen molar-refractivity contribution in [3.05, 3.63) is 53.7 Å². The molecule has 8 heteroatoms. The van der Waals surface area contributed by atoms with E-state index in [1.165, 1.54) is 6.26 Å². The fourth-order valence-corrected chi connectivity index (χ4v) is 2.21.